The number of sulfone groups is 1. The summed E-state index contributed by atoms with van der Waals surface area (Å²) < 4.78 is 30.0. The monoisotopic (exact) mass is 264 g/mol. The predicted octanol–water partition coefficient (Wildman–Crippen LogP) is 3.33. The van der Waals surface area contributed by atoms with E-state index in [0.717, 1.165) is 5.39 Å². The fourth-order valence-electron chi connectivity index (χ4n) is 1.61. The summed E-state index contributed by atoms with van der Waals surface area (Å²) >= 11 is 1.19. The molecule has 0 fully saturated rings. The van der Waals surface area contributed by atoms with Crippen molar-refractivity contribution >= 4 is 32.1 Å². The van der Waals surface area contributed by atoms with Crippen molar-refractivity contribution < 1.29 is 12.8 Å². The third kappa shape index (κ3) is 1.67. The molecule has 17 heavy (non-hydrogen) atoms. The van der Waals surface area contributed by atoms with E-state index in [1.807, 2.05) is 18.2 Å². The quantitative estimate of drug-likeness (QED) is 0.713. The van der Waals surface area contributed by atoms with Gasteiger partial charge in [-0.1, -0.05) is 24.3 Å². The minimum absolute atomic E-state index is 0.00106. The van der Waals surface area contributed by atoms with Crippen LogP contribution in [0, 0.1) is 0 Å². The van der Waals surface area contributed by atoms with Crippen LogP contribution in [0.4, 0.5) is 0 Å². The maximum Gasteiger partial charge on any atom is 0.248 e. The Morgan fingerprint density at radius 2 is 1.88 bits per heavy atom. The number of benzene rings is 1. The van der Waals surface area contributed by atoms with Crippen LogP contribution < -0.4 is 0 Å². The van der Waals surface area contributed by atoms with Crippen LogP contribution in [0.25, 0.3) is 11.0 Å². The summed E-state index contributed by atoms with van der Waals surface area (Å²) in [5, 5.41) is 2.53. The van der Waals surface area contributed by atoms with Crippen LogP contribution in [0.2, 0.25) is 0 Å². The van der Waals surface area contributed by atoms with Crippen LogP contribution >= 0.6 is 11.3 Å². The third-order valence-electron chi connectivity index (χ3n) is 2.43. The molecule has 0 aliphatic rings. The number of fused-ring (bicyclic) bond motifs is 1. The lowest BCUT2D eigenvalue weighted by Gasteiger charge is -1.95. The standard InChI is InChI=1S/C12H8O3S2/c13-17(14,12-6-3-7-16-12)11-8-9-4-1-2-5-10(9)15-11/h1-8H. The van der Waals surface area contributed by atoms with E-state index in [-0.39, 0.29) is 5.09 Å². The van der Waals surface area contributed by atoms with Crippen LogP contribution in [-0.2, 0) is 9.84 Å². The molecule has 0 bridgehead atoms. The third-order valence-corrected chi connectivity index (χ3v) is 5.43. The van der Waals surface area contributed by atoms with Gasteiger partial charge in [0.05, 0.1) is 0 Å². The SMILES string of the molecule is O=S(=O)(c1cc2ccccc2o1)c1cccs1. The van der Waals surface area contributed by atoms with Crippen LogP contribution in [0.1, 0.15) is 0 Å². The number of rotatable bonds is 2. The highest BCUT2D eigenvalue weighted by atomic mass is 32.2. The fourth-order valence-corrected chi connectivity index (χ4v) is 3.91. The number of hydrogen-bond acceptors (Lipinski definition) is 4. The molecule has 3 rings (SSSR count). The van der Waals surface area contributed by atoms with Gasteiger partial charge < -0.3 is 4.42 Å². The Morgan fingerprint density at radius 3 is 2.59 bits per heavy atom. The molecule has 5 heteroatoms. The lowest BCUT2D eigenvalue weighted by molar-refractivity contribution is 0.482. The predicted molar refractivity (Wildman–Crippen MR) is 66.0 cm³/mol. The van der Waals surface area contributed by atoms with E-state index in [9.17, 15) is 8.42 Å². The first kappa shape index (κ1) is 10.6. The van der Waals surface area contributed by atoms with E-state index in [1.54, 1.807) is 29.6 Å². The highest BCUT2D eigenvalue weighted by Crippen LogP contribution is 2.29. The Kier molecular flexibility index (Phi) is 2.31. The highest BCUT2D eigenvalue weighted by molar-refractivity contribution is 7.93. The summed E-state index contributed by atoms with van der Waals surface area (Å²) in [4.78, 5) is 0. The van der Waals surface area contributed by atoms with Crippen molar-refractivity contribution in [3.63, 3.8) is 0 Å². The molecule has 3 aromatic rings. The second-order valence-electron chi connectivity index (χ2n) is 3.54. The second kappa shape index (κ2) is 3.72. The number of para-hydroxylation sites is 1. The van der Waals surface area contributed by atoms with Gasteiger partial charge in [0.1, 0.15) is 9.79 Å². The van der Waals surface area contributed by atoms with Gasteiger partial charge in [0.15, 0.2) is 0 Å². The van der Waals surface area contributed by atoms with Gasteiger partial charge >= 0.3 is 0 Å². The Labute approximate surface area is 102 Å². The maximum atomic E-state index is 12.2. The normalized spacial score (nSPS) is 12.0. The Hall–Kier alpha value is -1.59. The molecule has 0 aliphatic heterocycles. The first-order valence-electron chi connectivity index (χ1n) is 4.95. The van der Waals surface area contributed by atoms with E-state index >= 15 is 0 Å². The molecule has 0 saturated carbocycles. The van der Waals surface area contributed by atoms with Crippen molar-refractivity contribution in [1.82, 2.24) is 0 Å². The number of thiophene rings is 1. The van der Waals surface area contributed by atoms with Crippen LogP contribution in [-0.4, -0.2) is 8.42 Å². The lowest BCUT2D eigenvalue weighted by Crippen LogP contribution is -1.96. The van der Waals surface area contributed by atoms with Gasteiger partial charge in [0.25, 0.3) is 0 Å². The zero-order valence-corrected chi connectivity index (χ0v) is 10.3. The first-order chi connectivity index (χ1) is 8.18. The van der Waals surface area contributed by atoms with Gasteiger partial charge in [-0.2, -0.15) is 0 Å². The largest absolute Gasteiger partial charge is 0.444 e. The molecule has 2 heterocycles. The van der Waals surface area contributed by atoms with Gasteiger partial charge in [-0.15, -0.1) is 11.3 Å². The van der Waals surface area contributed by atoms with Crippen molar-refractivity contribution in [2.75, 3.05) is 0 Å². The molecule has 86 valence electrons. The van der Waals surface area contributed by atoms with Gasteiger partial charge in [0.2, 0.25) is 14.9 Å². The molecule has 0 radical (unpaired) electrons. The summed E-state index contributed by atoms with van der Waals surface area (Å²) in [6.07, 6.45) is 0. The molecule has 0 amide bonds. The van der Waals surface area contributed by atoms with Gasteiger partial charge in [0, 0.05) is 11.5 Å². The van der Waals surface area contributed by atoms with E-state index < -0.39 is 9.84 Å². The Bertz CT molecular complexity index is 719. The van der Waals surface area contributed by atoms with E-state index in [2.05, 4.69) is 0 Å². The van der Waals surface area contributed by atoms with Gasteiger partial charge in [-0.3, -0.25) is 0 Å². The molecule has 3 nitrogen and oxygen atoms in total. The van der Waals surface area contributed by atoms with Crippen molar-refractivity contribution in [3.8, 4) is 0 Å². The zero-order valence-electron chi connectivity index (χ0n) is 8.66. The second-order valence-corrected chi connectivity index (χ2v) is 6.59. The Morgan fingerprint density at radius 1 is 1.06 bits per heavy atom. The number of furan rings is 1. The molecule has 0 saturated heterocycles. The van der Waals surface area contributed by atoms with Crippen LogP contribution in [0.5, 0.6) is 0 Å². The first-order valence-corrected chi connectivity index (χ1v) is 7.31. The van der Waals surface area contributed by atoms with E-state index in [1.165, 1.54) is 11.3 Å². The molecule has 0 atom stereocenters. The van der Waals surface area contributed by atoms with Crippen molar-refractivity contribution in [3.05, 3.63) is 47.8 Å². The molecule has 2 aromatic heterocycles. The summed E-state index contributed by atoms with van der Waals surface area (Å²) in [6.45, 7) is 0. The summed E-state index contributed by atoms with van der Waals surface area (Å²) in [6, 6.07) is 12.1. The van der Waals surface area contributed by atoms with E-state index in [0.29, 0.717) is 9.79 Å². The average Bonchev–Trinajstić information content (AvgIpc) is 2.98. The van der Waals surface area contributed by atoms with Crippen molar-refractivity contribution in [2.45, 2.75) is 9.30 Å². The lowest BCUT2D eigenvalue weighted by atomic mass is 10.3. The van der Waals surface area contributed by atoms with Crippen molar-refractivity contribution in [1.29, 1.82) is 0 Å². The molecule has 0 spiro atoms. The fraction of sp³-hybridized carbons (Fsp3) is 0. The molecule has 1 aromatic carbocycles. The summed E-state index contributed by atoms with van der Waals surface area (Å²) in [5.41, 5.74) is 0.586. The minimum atomic E-state index is -3.51. The molecule has 0 aliphatic carbocycles. The molecular formula is C12H8O3S2. The number of hydrogen-bond donors (Lipinski definition) is 0. The minimum Gasteiger partial charge on any atom is -0.444 e. The van der Waals surface area contributed by atoms with Crippen LogP contribution in [0.15, 0.2) is 61.6 Å². The summed E-state index contributed by atoms with van der Waals surface area (Å²) in [7, 11) is -3.51. The summed E-state index contributed by atoms with van der Waals surface area (Å²) in [5.74, 6) is 0. The topological polar surface area (TPSA) is 47.3 Å². The molecule has 0 N–H and O–H groups in total. The van der Waals surface area contributed by atoms with Crippen molar-refractivity contribution in [2.24, 2.45) is 0 Å². The molecular weight excluding hydrogens is 256 g/mol. The van der Waals surface area contributed by atoms with E-state index in [4.69, 9.17) is 4.42 Å². The van der Waals surface area contributed by atoms with Crippen LogP contribution in [0.3, 0.4) is 0 Å². The average molecular weight is 264 g/mol. The van der Waals surface area contributed by atoms with Gasteiger partial charge in [-0.05, 0) is 17.5 Å². The zero-order chi connectivity index (χ0) is 11.9. The van der Waals surface area contributed by atoms with Gasteiger partial charge in [-0.25, -0.2) is 8.42 Å². The smallest absolute Gasteiger partial charge is 0.248 e. The maximum absolute atomic E-state index is 12.2. The highest BCUT2D eigenvalue weighted by Gasteiger charge is 2.23. The Balaban J connectivity index is 2.22. The molecule has 0 unspecified atom stereocenters.